The van der Waals surface area contributed by atoms with Crippen LogP contribution in [0.25, 0.3) is 0 Å². The van der Waals surface area contributed by atoms with E-state index >= 15 is 0 Å². The summed E-state index contributed by atoms with van der Waals surface area (Å²) in [5.74, 6) is -1.71. The summed E-state index contributed by atoms with van der Waals surface area (Å²) >= 11 is 5.82. The molecule has 0 aliphatic heterocycles. The fraction of sp³-hybridized carbons (Fsp3) is 0.278. The van der Waals surface area contributed by atoms with Gasteiger partial charge in [-0.15, -0.1) is 0 Å². The summed E-state index contributed by atoms with van der Waals surface area (Å²) in [7, 11) is 1.26. The quantitative estimate of drug-likeness (QED) is 0.469. The zero-order valence-corrected chi connectivity index (χ0v) is 15.6. The van der Waals surface area contributed by atoms with Gasteiger partial charge in [-0.05, 0) is 44.5 Å². The number of ketones is 1. The number of halogens is 1. The van der Waals surface area contributed by atoms with Gasteiger partial charge in [-0.2, -0.15) is 0 Å². The Labute approximate surface area is 155 Å². The van der Waals surface area contributed by atoms with Gasteiger partial charge in [0.15, 0.2) is 6.10 Å². The normalized spacial score (nSPS) is 11.7. The third-order valence-electron chi connectivity index (χ3n) is 3.96. The van der Waals surface area contributed by atoms with E-state index in [4.69, 9.17) is 26.8 Å². The third-order valence-corrected chi connectivity index (χ3v) is 4.30. The Morgan fingerprint density at radius 2 is 1.85 bits per heavy atom. The molecule has 0 amide bonds. The summed E-state index contributed by atoms with van der Waals surface area (Å²) in [4.78, 5) is 39.5. The number of H-pyrrole nitrogens is 1. The Balaban J connectivity index is 2.21. The molecule has 0 unspecified atom stereocenters. The Morgan fingerprint density at radius 3 is 2.42 bits per heavy atom. The maximum absolute atomic E-state index is 12.6. The molecule has 138 valence electrons. The summed E-state index contributed by atoms with van der Waals surface area (Å²) in [6.45, 7) is 4.73. The second-order valence-corrected chi connectivity index (χ2v) is 6.17. The van der Waals surface area contributed by atoms with Gasteiger partial charge in [0.25, 0.3) is 0 Å². The second kappa shape index (κ2) is 7.61. The molecule has 1 aromatic carbocycles. The first-order valence-electron chi connectivity index (χ1n) is 7.75. The molecule has 0 radical (unpaired) electrons. The lowest BCUT2D eigenvalue weighted by molar-refractivity contribution is 0.0317. The second-order valence-electron chi connectivity index (χ2n) is 5.76. The zero-order chi connectivity index (χ0) is 19.6. The number of esters is 2. The molecule has 0 bridgehead atoms. The van der Waals surface area contributed by atoms with Gasteiger partial charge in [0, 0.05) is 5.69 Å². The van der Waals surface area contributed by atoms with Crippen molar-refractivity contribution in [3.8, 4) is 0 Å². The molecule has 1 heterocycles. The molecule has 0 fully saturated rings. The number of hydrogen-bond acceptors (Lipinski definition) is 6. The van der Waals surface area contributed by atoms with Gasteiger partial charge in [0.05, 0.1) is 34.6 Å². The van der Waals surface area contributed by atoms with Crippen LogP contribution < -0.4 is 5.73 Å². The number of methoxy groups -OCH3 is 1. The van der Waals surface area contributed by atoms with Crippen molar-refractivity contribution < 1.29 is 23.9 Å². The summed E-state index contributed by atoms with van der Waals surface area (Å²) in [6, 6.07) is 4.31. The number of nitrogen functional groups attached to an aromatic ring is 1. The minimum absolute atomic E-state index is 0.182. The summed E-state index contributed by atoms with van der Waals surface area (Å²) < 4.78 is 9.93. The highest BCUT2D eigenvalue weighted by atomic mass is 35.5. The monoisotopic (exact) mass is 378 g/mol. The Hall–Kier alpha value is -2.80. The van der Waals surface area contributed by atoms with Crippen molar-refractivity contribution in [1.82, 2.24) is 4.98 Å². The van der Waals surface area contributed by atoms with E-state index in [0.29, 0.717) is 21.8 Å². The number of carbonyl (C=O) groups is 3. The maximum Gasteiger partial charge on any atom is 0.339 e. The molecule has 0 aliphatic carbocycles. The molecule has 0 aliphatic rings. The number of carbonyl (C=O) groups excluding carboxylic acids is 3. The van der Waals surface area contributed by atoms with Crippen LogP contribution in [0.15, 0.2) is 18.2 Å². The number of hydrogen-bond donors (Lipinski definition) is 2. The van der Waals surface area contributed by atoms with Gasteiger partial charge in [-0.3, -0.25) is 4.79 Å². The largest absolute Gasteiger partial charge is 0.465 e. The number of nitrogens with two attached hydrogens (primary N) is 1. The van der Waals surface area contributed by atoms with Crippen molar-refractivity contribution >= 4 is 35.0 Å². The molecule has 8 heteroatoms. The van der Waals surface area contributed by atoms with Crippen LogP contribution in [0.2, 0.25) is 5.02 Å². The summed E-state index contributed by atoms with van der Waals surface area (Å²) in [5, 5.41) is 0.318. The highest BCUT2D eigenvalue weighted by Crippen LogP contribution is 2.22. The van der Waals surface area contributed by atoms with Crippen molar-refractivity contribution in [1.29, 1.82) is 0 Å². The Kier molecular flexibility index (Phi) is 5.72. The van der Waals surface area contributed by atoms with Crippen LogP contribution in [0.1, 0.15) is 49.4 Å². The van der Waals surface area contributed by atoms with Gasteiger partial charge in [0.1, 0.15) is 0 Å². The van der Waals surface area contributed by atoms with Gasteiger partial charge in [0.2, 0.25) is 5.78 Å². The fourth-order valence-corrected chi connectivity index (χ4v) is 2.68. The summed E-state index contributed by atoms with van der Waals surface area (Å²) in [5.41, 5.74) is 7.51. The predicted octanol–water partition coefficient (Wildman–Crippen LogP) is 3.08. The average Bonchev–Trinajstić information content (AvgIpc) is 2.90. The topological polar surface area (TPSA) is 111 Å². The number of aromatic amines is 1. The number of ether oxygens (including phenoxy) is 2. The molecule has 26 heavy (non-hydrogen) atoms. The van der Waals surface area contributed by atoms with Crippen LogP contribution in [0.3, 0.4) is 0 Å². The SMILES string of the molecule is COC(=O)c1c(C)[nH]c(C(=O)[C@H](C)OC(=O)c2ccc(Cl)c(N)c2)c1C. The molecule has 1 aromatic heterocycles. The lowest BCUT2D eigenvalue weighted by Gasteiger charge is -2.12. The van der Waals surface area contributed by atoms with E-state index in [1.807, 2.05) is 0 Å². The van der Waals surface area contributed by atoms with E-state index in [1.165, 1.54) is 32.2 Å². The first-order chi connectivity index (χ1) is 12.2. The van der Waals surface area contributed by atoms with Gasteiger partial charge < -0.3 is 20.2 Å². The molecule has 1 atom stereocenters. The third kappa shape index (κ3) is 3.72. The molecule has 2 rings (SSSR count). The van der Waals surface area contributed by atoms with Crippen LogP contribution in [-0.4, -0.2) is 35.9 Å². The Morgan fingerprint density at radius 1 is 1.19 bits per heavy atom. The molecular formula is C18H19ClN2O5. The minimum Gasteiger partial charge on any atom is -0.465 e. The summed E-state index contributed by atoms with van der Waals surface area (Å²) in [6.07, 6.45) is -1.07. The fourth-order valence-electron chi connectivity index (χ4n) is 2.56. The molecule has 7 nitrogen and oxygen atoms in total. The lowest BCUT2D eigenvalue weighted by Crippen LogP contribution is -2.25. The number of Topliss-reactive ketones (excluding diaryl/α,β-unsaturated/α-hetero) is 1. The van der Waals surface area contributed by atoms with Crippen LogP contribution in [0, 0.1) is 13.8 Å². The molecular weight excluding hydrogens is 360 g/mol. The van der Waals surface area contributed by atoms with Crippen LogP contribution >= 0.6 is 11.6 Å². The van der Waals surface area contributed by atoms with E-state index in [9.17, 15) is 14.4 Å². The van der Waals surface area contributed by atoms with E-state index in [1.54, 1.807) is 13.8 Å². The van der Waals surface area contributed by atoms with Crippen molar-refractivity contribution in [2.45, 2.75) is 26.9 Å². The van der Waals surface area contributed by atoms with E-state index in [0.717, 1.165) is 0 Å². The molecule has 0 spiro atoms. The van der Waals surface area contributed by atoms with Crippen LogP contribution in [-0.2, 0) is 9.47 Å². The number of rotatable bonds is 5. The molecule has 0 saturated heterocycles. The van der Waals surface area contributed by atoms with Crippen LogP contribution in [0.5, 0.6) is 0 Å². The number of benzene rings is 1. The molecule has 0 saturated carbocycles. The van der Waals surface area contributed by atoms with Crippen molar-refractivity contribution in [2.24, 2.45) is 0 Å². The Bertz CT molecular complexity index is 888. The highest BCUT2D eigenvalue weighted by Gasteiger charge is 2.27. The lowest BCUT2D eigenvalue weighted by atomic mass is 10.1. The van der Waals surface area contributed by atoms with Crippen molar-refractivity contribution in [2.75, 3.05) is 12.8 Å². The molecule has 3 N–H and O–H groups in total. The molecule has 2 aromatic rings. The van der Waals surface area contributed by atoms with Gasteiger partial charge in [-0.1, -0.05) is 11.6 Å². The number of aromatic nitrogens is 1. The minimum atomic E-state index is -1.07. The highest BCUT2D eigenvalue weighted by molar-refractivity contribution is 6.33. The maximum atomic E-state index is 12.6. The first kappa shape index (κ1) is 19.5. The smallest absolute Gasteiger partial charge is 0.339 e. The van der Waals surface area contributed by atoms with Gasteiger partial charge in [-0.25, -0.2) is 9.59 Å². The van der Waals surface area contributed by atoms with E-state index in [2.05, 4.69) is 4.98 Å². The van der Waals surface area contributed by atoms with E-state index < -0.39 is 23.8 Å². The zero-order valence-electron chi connectivity index (χ0n) is 14.8. The standard InChI is InChI=1S/C18H19ClN2O5/c1-8-14(18(24)25-4)9(2)21-15(8)16(22)10(3)26-17(23)11-5-6-12(19)13(20)7-11/h5-7,10,21H,20H2,1-4H3/t10-/m0/s1. The van der Waals surface area contributed by atoms with Crippen molar-refractivity contribution in [3.63, 3.8) is 0 Å². The number of nitrogens with one attached hydrogen (secondary N) is 1. The van der Waals surface area contributed by atoms with Gasteiger partial charge >= 0.3 is 11.9 Å². The number of anilines is 1. The van der Waals surface area contributed by atoms with Crippen LogP contribution in [0.4, 0.5) is 5.69 Å². The number of aryl methyl sites for hydroxylation is 1. The van der Waals surface area contributed by atoms with Crippen molar-refractivity contribution in [3.05, 3.63) is 51.3 Å². The first-order valence-corrected chi connectivity index (χ1v) is 8.12. The van der Waals surface area contributed by atoms with E-state index in [-0.39, 0.29) is 16.9 Å². The predicted molar refractivity (Wildman–Crippen MR) is 96.7 cm³/mol. The average molecular weight is 379 g/mol.